The summed E-state index contributed by atoms with van der Waals surface area (Å²) in [6.07, 6.45) is 8.34. The monoisotopic (exact) mass is 463 g/mol. The van der Waals surface area contributed by atoms with Gasteiger partial charge in [0.15, 0.2) is 5.76 Å². The second kappa shape index (κ2) is 9.47. The van der Waals surface area contributed by atoms with Gasteiger partial charge in [0.1, 0.15) is 12.2 Å². The summed E-state index contributed by atoms with van der Waals surface area (Å²) >= 11 is 0. The van der Waals surface area contributed by atoms with Crippen LogP contribution in [0.1, 0.15) is 74.1 Å². The molecule has 6 nitrogen and oxygen atoms in total. The molecule has 1 saturated carbocycles. The fraction of sp³-hybridized carbons (Fsp3) is 0.571. The van der Waals surface area contributed by atoms with Crippen LogP contribution in [0.5, 0.6) is 0 Å². The first-order valence-corrected chi connectivity index (χ1v) is 12.9. The van der Waals surface area contributed by atoms with Crippen molar-refractivity contribution in [3.8, 4) is 0 Å². The van der Waals surface area contributed by atoms with E-state index in [1.165, 1.54) is 32.1 Å². The number of benzene rings is 1. The largest absolute Gasteiger partial charge is 0.459 e. The summed E-state index contributed by atoms with van der Waals surface area (Å²) in [7, 11) is 0. The number of furan rings is 1. The summed E-state index contributed by atoms with van der Waals surface area (Å²) in [6.45, 7) is 8.30. The number of piperazine rings is 1. The summed E-state index contributed by atoms with van der Waals surface area (Å²) in [5, 5.41) is 0. The molecule has 2 aliphatic heterocycles. The molecule has 0 bridgehead atoms. The Morgan fingerprint density at radius 2 is 1.94 bits per heavy atom. The Balaban J connectivity index is 1.54. The molecule has 3 aliphatic rings. The molecule has 1 aliphatic carbocycles. The minimum atomic E-state index is -0.268. The highest BCUT2D eigenvalue weighted by Crippen LogP contribution is 2.39. The van der Waals surface area contributed by atoms with E-state index in [1.54, 1.807) is 18.4 Å². The van der Waals surface area contributed by atoms with Gasteiger partial charge in [-0.3, -0.25) is 9.59 Å². The molecule has 1 saturated heterocycles. The lowest BCUT2D eigenvalue weighted by atomic mass is 9.87. The summed E-state index contributed by atoms with van der Waals surface area (Å²) in [4.78, 5) is 33.8. The lowest BCUT2D eigenvalue weighted by Gasteiger charge is -2.54. The van der Waals surface area contributed by atoms with Crippen molar-refractivity contribution in [3.63, 3.8) is 0 Å². The van der Waals surface area contributed by atoms with Gasteiger partial charge >= 0.3 is 0 Å². The van der Waals surface area contributed by atoms with E-state index in [1.807, 2.05) is 4.90 Å². The molecule has 1 aromatic heterocycles. The molecule has 34 heavy (non-hydrogen) atoms. The molecule has 2 amide bonds. The minimum absolute atomic E-state index is 0.109. The number of fused-ring (bicyclic) bond motifs is 3. The molecular weight excluding hydrogens is 426 g/mol. The van der Waals surface area contributed by atoms with E-state index in [4.69, 9.17) is 4.42 Å². The Bertz CT molecular complexity index is 1030. The van der Waals surface area contributed by atoms with Crippen molar-refractivity contribution >= 4 is 17.5 Å². The highest BCUT2D eigenvalue weighted by Gasteiger charge is 2.48. The predicted octanol–water partition coefficient (Wildman–Crippen LogP) is 5.21. The van der Waals surface area contributed by atoms with Crippen molar-refractivity contribution < 1.29 is 14.0 Å². The van der Waals surface area contributed by atoms with Gasteiger partial charge in [0.25, 0.3) is 5.91 Å². The molecule has 3 heterocycles. The third-order valence-corrected chi connectivity index (χ3v) is 7.74. The first kappa shape index (κ1) is 23.0. The molecule has 0 spiro atoms. The zero-order valence-corrected chi connectivity index (χ0v) is 20.7. The van der Waals surface area contributed by atoms with Crippen LogP contribution >= 0.6 is 0 Å². The molecule has 2 fully saturated rings. The zero-order chi connectivity index (χ0) is 23.8. The highest BCUT2D eigenvalue weighted by atomic mass is 16.3. The van der Waals surface area contributed by atoms with Crippen molar-refractivity contribution in [1.29, 1.82) is 0 Å². The maximum Gasteiger partial charge on any atom is 0.291 e. The second-order valence-corrected chi connectivity index (χ2v) is 10.8. The number of carbonyl (C=O) groups excluding carboxylic acids is 2. The third kappa shape index (κ3) is 4.35. The topological polar surface area (TPSA) is 57.0 Å². The van der Waals surface area contributed by atoms with Gasteiger partial charge in [0, 0.05) is 12.2 Å². The van der Waals surface area contributed by atoms with Crippen LogP contribution in [-0.4, -0.2) is 46.9 Å². The van der Waals surface area contributed by atoms with Crippen LogP contribution in [0.4, 0.5) is 5.69 Å². The van der Waals surface area contributed by atoms with Crippen LogP contribution in [0.2, 0.25) is 0 Å². The normalized spacial score (nSPS) is 23.3. The van der Waals surface area contributed by atoms with E-state index < -0.39 is 0 Å². The molecule has 2 aromatic rings. The molecule has 6 heteroatoms. The minimum Gasteiger partial charge on any atom is -0.459 e. The lowest BCUT2D eigenvalue weighted by Crippen LogP contribution is -2.69. The van der Waals surface area contributed by atoms with Crippen LogP contribution in [0.3, 0.4) is 0 Å². The highest BCUT2D eigenvalue weighted by molar-refractivity contribution is 5.94. The summed E-state index contributed by atoms with van der Waals surface area (Å²) in [5.74, 6) is 1.40. The molecule has 0 N–H and O–H groups in total. The zero-order valence-electron chi connectivity index (χ0n) is 20.7. The summed E-state index contributed by atoms with van der Waals surface area (Å²) in [6, 6.07) is 9.64. The number of aryl methyl sites for hydroxylation is 1. The average molecular weight is 464 g/mol. The maximum atomic E-state index is 13.9. The predicted molar refractivity (Wildman–Crippen MR) is 132 cm³/mol. The van der Waals surface area contributed by atoms with Gasteiger partial charge in [-0.1, -0.05) is 50.8 Å². The van der Waals surface area contributed by atoms with Gasteiger partial charge in [-0.15, -0.1) is 0 Å². The van der Waals surface area contributed by atoms with Gasteiger partial charge in [-0.2, -0.15) is 0 Å². The number of nitrogens with zero attached hydrogens (tertiary/aromatic N) is 3. The standard InChI is InChI=1S/C28H37N3O3/c1-19(2)14-24-27(32)29(16-21-8-5-4-6-9-21)18-26-30(28(33)25-10-7-13-34-25)17-22-15-20(3)11-12-23(22)31(24)26/h7,10-13,15,19,21,24,26H,4-6,8-9,14,16-18H2,1-3H3/t24-,26?/m0/s1. The number of rotatable bonds is 5. The van der Waals surface area contributed by atoms with Crippen LogP contribution < -0.4 is 4.90 Å². The Hall–Kier alpha value is -2.76. The average Bonchev–Trinajstić information content (AvgIpc) is 3.36. The number of amides is 2. The molecule has 182 valence electrons. The Labute approximate surface area is 202 Å². The van der Waals surface area contributed by atoms with Crippen molar-refractivity contribution in [2.24, 2.45) is 11.8 Å². The van der Waals surface area contributed by atoms with Crippen molar-refractivity contribution in [3.05, 3.63) is 53.5 Å². The van der Waals surface area contributed by atoms with Crippen LogP contribution in [0.15, 0.2) is 41.0 Å². The first-order valence-electron chi connectivity index (χ1n) is 12.9. The summed E-state index contributed by atoms with van der Waals surface area (Å²) in [5.41, 5.74) is 3.35. The Morgan fingerprint density at radius 1 is 1.15 bits per heavy atom. The number of hydrogen-bond acceptors (Lipinski definition) is 4. The van der Waals surface area contributed by atoms with E-state index in [0.29, 0.717) is 30.7 Å². The number of hydrogen-bond donors (Lipinski definition) is 0. The Kier molecular flexibility index (Phi) is 6.41. The molecule has 1 aromatic carbocycles. The van der Waals surface area contributed by atoms with Crippen LogP contribution in [0.25, 0.3) is 0 Å². The lowest BCUT2D eigenvalue weighted by molar-refractivity contribution is -0.138. The SMILES string of the molecule is Cc1ccc2c(c1)CN(C(=O)c1ccco1)C1CN(CC3CCCCC3)C(=O)[C@H](CC(C)C)N21. The second-order valence-electron chi connectivity index (χ2n) is 10.8. The molecule has 5 rings (SSSR count). The van der Waals surface area contributed by atoms with E-state index >= 15 is 0 Å². The summed E-state index contributed by atoms with van der Waals surface area (Å²) < 4.78 is 5.51. The van der Waals surface area contributed by atoms with Gasteiger partial charge in [0.2, 0.25) is 5.91 Å². The van der Waals surface area contributed by atoms with E-state index in [-0.39, 0.29) is 24.0 Å². The first-order chi connectivity index (χ1) is 16.4. The quantitative estimate of drug-likeness (QED) is 0.611. The van der Waals surface area contributed by atoms with Gasteiger partial charge in [0.05, 0.1) is 19.4 Å². The van der Waals surface area contributed by atoms with Crippen LogP contribution in [-0.2, 0) is 11.3 Å². The number of carbonyl (C=O) groups is 2. The molecule has 0 radical (unpaired) electrons. The third-order valence-electron chi connectivity index (χ3n) is 7.74. The molecule has 1 unspecified atom stereocenters. The van der Waals surface area contributed by atoms with Gasteiger partial charge in [-0.05, 0) is 61.8 Å². The van der Waals surface area contributed by atoms with Gasteiger partial charge < -0.3 is 19.1 Å². The van der Waals surface area contributed by atoms with Crippen molar-refractivity contribution in [1.82, 2.24) is 9.80 Å². The van der Waals surface area contributed by atoms with E-state index in [2.05, 4.69) is 48.8 Å². The van der Waals surface area contributed by atoms with Crippen molar-refractivity contribution in [2.75, 3.05) is 18.0 Å². The fourth-order valence-electron chi connectivity index (χ4n) is 6.13. The number of anilines is 1. The molecular formula is C28H37N3O3. The Morgan fingerprint density at radius 3 is 2.65 bits per heavy atom. The fourth-order valence-corrected chi connectivity index (χ4v) is 6.13. The maximum absolute atomic E-state index is 13.9. The smallest absolute Gasteiger partial charge is 0.291 e. The van der Waals surface area contributed by atoms with Gasteiger partial charge in [-0.25, -0.2) is 0 Å². The molecule has 2 atom stereocenters. The van der Waals surface area contributed by atoms with Crippen LogP contribution in [0, 0.1) is 18.8 Å². The van der Waals surface area contributed by atoms with E-state index in [9.17, 15) is 9.59 Å². The van der Waals surface area contributed by atoms with Crippen molar-refractivity contribution in [2.45, 2.75) is 78.0 Å². The van der Waals surface area contributed by atoms with E-state index in [0.717, 1.165) is 29.8 Å².